The topological polar surface area (TPSA) is 86.8 Å². The quantitative estimate of drug-likeness (QED) is 0.140. The van der Waals surface area contributed by atoms with Gasteiger partial charge in [-0.3, -0.25) is 13.9 Å². The van der Waals surface area contributed by atoms with Gasteiger partial charge in [0.2, 0.25) is 11.8 Å². The number of nitrogens with zero attached hydrogens (tertiary/aromatic N) is 2. The number of hydrogen-bond donors (Lipinski definition) is 1. The molecule has 1 aliphatic carbocycles. The summed E-state index contributed by atoms with van der Waals surface area (Å²) in [6.07, 6.45) is 7.06. The molecular formula is C38H41Cl2N3O4S2. The molecule has 4 aromatic carbocycles. The summed E-state index contributed by atoms with van der Waals surface area (Å²) in [6.45, 7) is 1.34. The van der Waals surface area contributed by atoms with Crippen LogP contribution in [0.2, 0.25) is 10.0 Å². The van der Waals surface area contributed by atoms with Gasteiger partial charge in [-0.1, -0.05) is 96.6 Å². The molecule has 0 spiro atoms. The van der Waals surface area contributed by atoms with E-state index in [0.29, 0.717) is 21.3 Å². The van der Waals surface area contributed by atoms with Gasteiger partial charge in [-0.15, -0.1) is 11.8 Å². The molecule has 0 aromatic heterocycles. The lowest BCUT2D eigenvalue weighted by atomic mass is 9.94. The van der Waals surface area contributed by atoms with Crippen LogP contribution < -0.4 is 9.62 Å². The third kappa shape index (κ3) is 9.60. The molecule has 49 heavy (non-hydrogen) atoms. The molecule has 1 atom stereocenters. The lowest BCUT2D eigenvalue weighted by Crippen LogP contribution is -2.55. The van der Waals surface area contributed by atoms with Gasteiger partial charge in [-0.2, -0.15) is 0 Å². The fourth-order valence-corrected chi connectivity index (χ4v) is 8.34. The van der Waals surface area contributed by atoms with Crippen LogP contribution in [0.3, 0.4) is 0 Å². The first-order valence-corrected chi connectivity index (χ1v) is 19.8. The summed E-state index contributed by atoms with van der Waals surface area (Å²) in [6, 6.07) is 27.1. The van der Waals surface area contributed by atoms with Gasteiger partial charge in [0.1, 0.15) is 12.6 Å². The van der Waals surface area contributed by atoms with Gasteiger partial charge in [-0.25, -0.2) is 8.42 Å². The molecule has 0 heterocycles. The Morgan fingerprint density at radius 3 is 2.20 bits per heavy atom. The lowest BCUT2D eigenvalue weighted by Gasteiger charge is -2.35. The Hall–Kier alpha value is -3.50. The zero-order valence-corrected chi connectivity index (χ0v) is 30.8. The molecule has 1 unspecified atom stereocenters. The zero-order chi connectivity index (χ0) is 35.0. The molecule has 1 fully saturated rings. The maximum atomic E-state index is 14.8. The number of aryl methyl sites for hydroxylation is 1. The Balaban J connectivity index is 1.57. The minimum Gasteiger partial charge on any atom is -0.352 e. The Bertz CT molecular complexity index is 1830. The highest BCUT2D eigenvalue weighted by atomic mass is 35.5. The van der Waals surface area contributed by atoms with E-state index < -0.39 is 28.5 Å². The van der Waals surface area contributed by atoms with Crippen LogP contribution >= 0.6 is 35.0 Å². The molecule has 258 valence electrons. The van der Waals surface area contributed by atoms with Gasteiger partial charge in [0.25, 0.3) is 10.0 Å². The van der Waals surface area contributed by atoms with E-state index >= 15 is 0 Å². The maximum Gasteiger partial charge on any atom is 0.264 e. The van der Waals surface area contributed by atoms with E-state index in [-0.39, 0.29) is 29.8 Å². The van der Waals surface area contributed by atoms with Crippen molar-refractivity contribution in [2.45, 2.75) is 73.9 Å². The van der Waals surface area contributed by atoms with Crippen LogP contribution in [0.25, 0.3) is 0 Å². The Morgan fingerprint density at radius 2 is 1.57 bits per heavy atom. The summed E-state index contributed by atoms with van der Waals surface area (Å²) in [7, 11) is -4.20. The summed E-state index contributed by atoms with van der Waals surface area (Å²) < 4.78 is 29.8. The SMILES string of the molecule is CSc1ccc(S(=O)(=O)N(CC(=O)N(Cc2ccc(Cl)cc2Cl)C(Cc2ccccc2)C(=O)NC2CCCCC2)c2ccc(C)cc2)cc1. The van der Waals surface area contributed by atoms with Crippen molar-refractivity contribution in [2.75, 3.05) is 17.1 Å². The lowest BCUT2D eigenvalue weighted by molar-refractivity contribution is -0.140. The number of sulfonamides is 1. The smallest absolute Gasteiger partial charge is 0.264 e. The molecule has 5 rings (SSSR count). The molecule has 0 radical (unpaired) electrons. The molecule has 11 heteroatoms. The maximum absolute atomic E-state index is 14.8. The van der Waals surface area contributed by atoms with Crippen molar-refractivity contribution in [1.82, 2.24) is 10.2 Å². The van der Waals surface area contributed by atoms with Gasteiger partial charge in [0.15, 0.2) is 0 Å². The molecule has 1 saturated carbocycles. The standard InChI is InChI=1S/C38H41Cl2N3O4S2/c1-27-13-17-32(18-14-27)43(49(46,47)34-21-19-33(48-2)20-22-34)26-37(44)42(25-29-15-16-30(39)24-35(29)40)36(23-28-9-5-3-6-10-28)38(45)41-31-11-7-4-8-12-31/h3,5-6,9-10,13-22,24,31,36H,4,7-8,11-12,23,25-26H2,1-2H3,(H,41,45). The molecule has 4 aromatic rings. The van der Waals surface area contributed by atoms with E-state index in [4.69, 9.17) is 23.2 Å². The normalized spacial score (nSPS) is 14.2. The van der Waals surface area contributed by atoms with Crippen molar-refractivity contribution in [2.24, 2.45) is 0 Å². The first-order valence-electron chi connectivity index (χ1n) is 16.4. The third-order valence-electron chi connectivity index (χ3n) is 8.83. The number of rotatable bonds is 13. The average Bonchev–Trinajstić information content (AvgIpc) is 3.10. The van der Waals surface area contributed by atoms with Crippen molar-refractivity contribution in [3.63, 3.8) is 0 Å². The van der Waals surface area contributed by atoms with Gasteiger partial charge in [0, 0.05) is 33.9 Å². The number of hydrogen-bond acceptors (Lipinski definition) is 5. The second-order valence-corrected chi connectivity index (χ2v) is 15.9. The van der Waals surface area contributed by atoms with Crippen molar-refractivity contribution < 1.29 is 18.0 Å². The second kappa shape index (κ2) is 16.9. The first-order chi connectivity index (χ1) is 23.5. The average molecular weight is 739 g/mol. The summed E-state index contributed by atoms with van der Waals surface area (Å²) in [4.78, 5) is 31.5. The zero-order valence-electron chi connectivity index (χ0n) is 27.6. The van der Waals surface area contributed by atoms with E-state index in [1.54, 1.807) is 66.7 Å². The van der Waals surface area contributed by atoms with E-state index in [0.717, 1.165) is 52.4 Å². The van der Waals surface area contributed by atoms with Crippen molar-refractivity contribution >= 4 is 62.5 Å². The summed E-state index contributed by atoms with van der Waals surface area (Å²) >= 11 is 14.4. The predicted molar refractivity (Wildman–Crippen MR) is 200 cm³/mol. The highest BCUT2D eigenvalue weighted by molar-refractivity contribution is 7.98. The monoisotopic (exact) mass is 737 g/mol. The van der Waals surface area contributed by atoms with Crippen LogP contribution in [-0.4, -0.2) is 50.0 Å². The van der Waals surface area contributed by atoms with Crippen molar-refractivity contribution in [3.05, 3.63) is 124 Å². The molecule has 0 aliphatic heterocycles. The molecule has 1 aliphatic rings. The van der Waals surface area contributed by atoms with E-state index in [1.165, 1.54) is 16.7 Å². The first kappa shape index (κ1) is 36.8. The van der Waals surface area contributed by atoms with Crippen molar-refractivity contribution in [3.8, 4) is 0 Å². The number of thioether (sulfide) groups is 1. The Labute approximate surface area is 304 Å². The number of amides is 2. The van der Waals surface area contributed by atoms with Crippen LogP contribution in [0.1, 0.15) is 48.8 Å². The summed E-state index contributed by atoms with van der Waals surface area (Å²) in [5.41, 5.74) is 2.73. The fraction of sp³-hybridized carbons (Fsp3) is 0.316. The number of anilines is 1. The third-order valence-corrected chi connectivity index (χ3v) is 11.9. The van der Waals surface area contributed by atoms with Gasteiger partial charge in [-0.05, 0) is 85.7 Å². The largest absolute Gasteiger partial charge is 0.352 e. The number of benzene rings is 4. The van der Waals surface area contributed by atoms with Gasteiger partial charge >= 0.3 is 0 Å². The minimum absolute atomic E-state index is 0.00397. The van der Waals surface area contributed by atoms with Gasteiger partial charge in [0.05, 0.1) is 10.6 Å². The molecular weight excluding hydrogens is 697 g/mol. The Kier molecular flexibility index (Phi) is 12.7. The van der Waals surface area contributed by atoms with E-state index in [2.05, 4.69) is 5.32 Å². The summed E-state index contributed by atoms with van der Waals surface area (Å²) in [5.74, 6) is -0.831. The number of halogens is 2. The molecule has 0 saturated heterocycles. The molecule has 7 nitrogen and oxygen atoms in total. The van der Waals surface area contributed by atoms with Crippen LogP contribution in [-0.2, 0) is 32.6 Å². The van der Waals surface area contributed by atoms with Crippen molar-refractivity contribution in [1.29, 1.82) is 0 Å². The second-order valence-electron chi connectivity index (χ2n) is 12.3. The van der Waals surface area contributed by atoms with Crippen LogP contribution in [0.5, 0.6) is 0 Å². The van der Waals surface area contributed by atoms with Crippen LogP contribution in [0, 0.1) is 6.92 Å². The Morgan fingerprint density at radius 1 is 0.898 bits per heavy atom. The highest BCUT2D eigenvalue weighted by Crippen LogP contribution is 2.29. The van der Waals surface area contributed by atoms with Crippen LogP contribution in [0.15, 0.2) is 107 Å². The highest BCUT2D eigenvalue weighted by Gasteiger charge is 2.35. The predicted octanol–water partition coefficient (Wildman–Crippen LogP) is 8.31. The molecule has 0 bridgehead atoms. The number of carbonyl (C=O) groups excluding carboxylic acids is 2. The fourth-order valence-electron chi connectivity index (χ4n) is 6.05. The van der Waals surface area contributed by atoms with E-state index in [1.807, 2.05) is 43.5 Å². The molecule has 2 amide bonds. The number of nitrogens with one attached hydrogen (secondary N) is 1. The molecule has 1 N–H and O–H groups in total. The number of carbonyl (C=O) groups is 2. The minimum atomic E-state index is -4.20. The van der Waals surface area contributed by atoms with Gasteiger partial charge < -0.3 is 10.2 Å². The van der Waals surface area contributed by atoms with E-state index in [9.17, 15) is 18.0 Å². The van der Waals surface area contributed by atoms with Crippen LogP contribution in [0.4, 0.5) is 5.69 Å². The summed E-state index contributed by atoms with van der Waals surface area (Å²) in [5, 5.41) is 4.00.